The van der Waals surface area contributed by atoms with Gasteiger partial charge in [-0.25, -0.2) is 14.3 Å². The molecule has 0 spiro atoms. The molecule has 0 atom stereocenters. The van der Waals surface area contributed by atoms with Gasteiger partial charge in [-0.15, -0.1) is 0 Å². The summed E-state index contributed by atoms with van der Waals surface area (Å²) < 4.78 is 0.876. The van der Waals surface area contributed by atoms with Crippen LogP contribution in [0.1, 0.15) is 19.8 Å². The lowest BCUT2D eigenvalue weighted by molar-refractivity contribution is -0.121. The number of hydrogen-bond donors (Lipinski definition) is 2. The summed E-state index contributed by atoms with van der Waals surface area (Å²) in [6.45, 7) is 3.35. The van der Waals surface area contributed by atoms with Gasteiger partial charge in [0.05, 0.1) is 15.7 Å². The monoisotopic (exact) mass is 524 g/mol. The highest BCUT2D eigenvalue weighted by Crippen LogP contribution is 2.27. The van der Waals surface area contributed by atoms with Crippen LogP contribution in [-0.2, 0) is 4.79 Å². The molecule has 184 valence electrons. The largest absolute Gasteiger partial charge is 0.371 e. The molecule has 0 aliphatic carbocycles. The van der Waals surface area contributed by atoms with Crippen molar-refractivity contribution in [3.8, 4) is 5.69 Å². The van der Waals surface area contributed by atoms with Gasteiger partial charge in [0.1, 0.15) is 11.2 Å². The second kappa shape index (κ2) is 9.75. The summed E-state index contributed by atoms with van der Waals surface area (Å²) in [5.41, 5.74) is 0.660. The van der Waals surface area contributed by atoms with Crippen molar-refractivity contribution in [1.29, 1.82) is 0 Å². The minimum atomic E-state index is -0.718. The van der Waals surface area contributed by atoms with Crippen molar-refractivity contribution >= 4 is 57.3 Å². The number of benzene rings is 2. The number of aromatic amines is 1. The summed E-state index contributed by atoms with van der Waals surface area (Å²) in [6.07, 6.45) is 3.07. The van der Waals surface area contributed by atoms with Gasteiger partial charge in [0.25, 0.3) is 5.56 Å². The van der Waals surface area contributed by atoms with Gasteiger partial charge in [0.15, 0.2) is 5.65 Å². The number of H-pyrrole nitrogens is 1. The van der Waals surface area contributed by atoms with Crippen molar-refractivity contribution in [2.75, 3.05) is 23.3 Å². The van der Waals surface area contributed by atoms with Crippen LogP contribution in [0.3, 0.4) is 0 Å². The predicted molar refractivity (Wildman–Crippen MR) is 141 cm³/mol. The van der Waals surface area contributed by atoms with Crippen LogP contribution in [0.4, 0.5) is 17.3 Å². The molecule has 1 aliphatic rings. The van der Waals surface area contributed by atoms with E-state index in [0.717, 1.165) is 41.9 Å². The van der Waals surface area contributed by atoms with Gasteiger partial charge in [-0.2, -0.15) is 4.98 Å². The molecule has 0 unspecified atom stereocenters. The molecule has 11 heteroatoms. The van der Waals surface area contributed by atoms with E-state index in [4.69, 9.17) is 23.2 Å². The first-order valence-corrected chi connectivity index (χ1v) is 12.2. The Hall–Kier alpha value is -3.69. The number of fused-ring (bicyclic) bond motifs is 1. The van der Waals surface area contributed by atoms with Crippen molar-refractivity contribution in [3.05, 3.63) is 79.5 Å². The Bertz CT molecular complexity index is 1550. The smallest absolute Gasteiger partial charge is 0.334 e. The highest BCUT2D eigenvalue weighted by molar-refractivity contribution is 6.37. The average molecular weight is 525 g/mol. The Labute approximate surface area is 215 Å². The zero-order valence-electron chi connectivity index (χ0n) is 19.3. The number of nitrogens with one attached hydrogen (secondary N) is 2. The minimum Gasteiger partial charge on any atom is -0.371 e. The summed E-state index contributed by atoms with van der Waals surface area (Å²) in [4.78, 5) is 50.9. The Balaban J connectivity index is 1.38. The quantitative estimate of drug-likeness (QED) is 0.399. The van der Waals surface area contributed by atoms with Gasteiger partial charge in [0, 0.05) is 36.6 Å². The van der Waals surface area contributed by atoms with Gasteiger partial charge in [0.2, 0.25) is 5.95 Å². The lowest BCUT2D eigenvalue weighted by Gasteiger charge is -2.32. The SMILES string of the molecule is CC(=O)C1CCN(c2ccc(Nc3ncc4c(=O)n(-c5c(Cl)cccc5Cl)c(=O)[nH]c4n3)cc2)CC1. The number of anilines is 3. The topological polar surface area (TPSA) is 113 Å². The van der Waals surface area contributed by atoms with E-state index >= 15 is 0 Å². The number of hydrogen-bond acceptors (Lipinski definition) is 7. The molecular formula is C25H22Cl2N6O3. The summed E-state index contributed by atoms with van der Waals surface area (Å²) in [5, 5.41) is 3.54. The van der Waals surface area contributed by atoms with E-state index in [9.17, 15) is 14.4 Å². The Morgan fingerprint density at radius 2 is 1.72 bits per heavy atom. The maximum atomic E-state index is 13.1. The highest BCUT2D eigenvalue weighted by Gasteiger charge is 2.22. The van der Waals surface area contributed by atoms with E-state index in [0.29, 0.717) is 0 Å². The predicted octanol–water partition coefficient (Wildman–Crippen LogP) is 4.32. The summed E-state index contributed by atoms with van der Waals surface area (Å²) in [6, 6.07) is 12.5. The van der Waals surface area contributed by atoms with Crippen molar-refractivity contribution in [2.24, 2.45) is 5.92 Å². The summed E-state index contributed by atoms with van der Waals surface area (Å²) in [5.74, 6) is 0.642. The van der Waals surface area contributed by atoms with E-state index in [2.05, 4.69) is 25.2 Å². The molecule has 1 aliphatic heterocycles. The van der Waals surface area contributed by atoms with Crippen molar-refractivity contribution in [2.45, 2.75) is 19.8 Å². The number of Topliss-reactive ketones (excluding diaryl/α,β-unsaturated/α-hetero) is 1. The fraction of sp³-hybridized carbons (Fsp3) is 0.240. The lowest BCUT2D eigenvalue weighted by atomic mass is 9.93. The second-order valence-electron chi connectivity index (χ2n) is 8.64. The van der Waals surface area contributed by atoms with Crippen LogP contribution in [0, 0.1) is 5.92 Å². The standard InChI is InChI=1S/C25H22Cl2N6O3/c1-14(34)15-9-11-32(12-10-15)17-7-5-16(6-8-17)29-24-28-13-18-22(30-24)31-25(36)33(23(18)35)21-19(26)3-2-4-20(21)27/h2-8,13,15H,9-12H2,1H3,(H2,28,29,30,31,36). The zero-order valence-corrected chi connectivity index (χ0v) is 20.8. The van der Waals surface area contributed by atoms with Crippen LogP contribution < -0.4 is 21.5 Å². The third-order valence-electron chi connectivity index (χ3n) is 6.37. The number of rotatable bonds is 5. The second-order valence-corrected chi connectivity index (χ2v) is 9.46. The number of carbonyl (C=O) groups excluding carboxylic acids is 1. The molecule has 36 heavy (non-hydrogen) atoms. The third-order valence-corrected chi connectivity index (χ3v) is 6.98. The molecule has 4 aromatic rings. The number of ketones is 1. The number of nitrogens with zero attached hydrogens (tertiary/aromatic N) is 4. The van der Waals surface area contributed by atoms with Gasteiger partial charge in [-0.05, 0) is 56.2 Å². The summed E-state index contributed by atoms with van der Waals surface area (Å²) >= 11 is 12.4. The minimum absolute atomic E-state index is 0.0897. The molecule has 1 saturated heterocycles. The molecule has 1 fully saturated rings. The number of halogens is 2. The van der Waals surface area contributed by atoms with Gasteiger partial charge in [-0.3, -0.25) is 14.6 Å². The van der Waals surface area contributed by atoms with Crippen molar-refractivity contribution in [3.63, 3.8) is 0 Å². The maximum Gasteiger partial charge on any atom is 0.334 e. The number of carbonyl (C=O) groups is 1. The van der Waals surface area contributed by atoms with Crippen molar-refractivity contribution < 1.29 is 4.79 Å². The average Bonchev–Trinajstić information content (AvgIpc) is 2.86. The molecule has 0 radical (unpaired) electrons. The fourth-order valence-electron chi connectivity index (χ4n) is 4.40. The fourth-order valence-corrected chi connectivity index (χ4v) is 4.96. The van der Waals surface area contributed by atoms with E-state index in [1.165, 1.54) is 6.20 Å². The molecular weight excluding hydrogens is 503 g/mol. The van der Waals surface area contributed by atoms with Crippen LogP contribution in [0.2, 0.25) is 10.0 Å². The van der Waals surface area contributed by atoms with Crippen LogP contribution in [0.25, 0.3) is 16.7 Å². The van der Waals surface area contributed by atoms with Crippen LogP contribution >= 0.6 is 23.2 Å². The van der Waals surface area contributed by atoms with E-state index in [1.807, 2.05) is 24.3 Å². The maximum absolute atomic E-state index is 13.1. The first kappa shape index (κ1) is 24.0. The van der Waals surface area contributed by atoms with Crippen LogP contribution in [0.5, 0.6) is 0 Å². The van der Waals surface area contributed by atoms with E-state index in [-0.39, 0.29) is 44.4 Å². The molecule has 3 heterocycles. The highest BCUT2D eigenvalue weighted by atomic mass is 35.5. The lowest BCUT2D eigenvalue weighted by Crippen LogP contribution is -2.35. The van der Waals surface area contributed by atoms with Gasteiger partial charge < -0.3 is 10.2 Å². The number of piperidine rings is 1. The number of aromatic nitrogens is 4. The molecule has 5 rings (SSSR count). The Morgan fingerprint density at radius 3 is 2.36 bits per heavy atom. The Kier molecular flexibility index (Phi) is 6.51. The Morgan fingerprint density at radius 1 is 1.06 bits per heavy atom. The molecule has 2 N–H and O–H groups in total. The van der Waals surface area contributed by atoms with Crippen molar-refractivity contribution in [1.82, 2.24) is 19.5 Å². The molecule has 0 saturated carbocycles. The van der Waals surface area contributed by atoms with Crippen LogP contribution in [-0.4, -0.2) is 38.4 Å². The normalized spacial score (nSPS) is 14.2. The van der Waals surface area contributed by atoms with E-state index < -0.39 is 11.2 Å². The first-order valence-electron chi connectivity index (χ1n) is 11.4. The first-order chi connectivity index (χ1) is 17.3. The third kappa shape index (κ3) is 4.59. The molecule has 9 nitrogen and oxygen atoms in total. The van der Waals surface area contributed by atoms with E-state index in [1.54, 1.807) is 25.1 Å². The molecule has 2 aromatic carbocycles. The number of para-hydroxylation sites is 1. The molecule has 0 bridgehead atoms. The molecule has 2 aromatic heterocycles. The van der Waals surface area contributed by atoms with Gasteiger partial charge in [-0.1, -0.05) is 29.3 Å². The van der Waals surface area contributed by atoms with Crippen LogP contribution in [0.15, 0.2) is 58.3 Å². The zero-order chi connectivity index (χ0) is 25.4. The molecule has 0 amide bonds. The van der Waals surface area contributed by atoms with Gasteiger partial charge >= 0.3 is 5.69 Å². The summed E-state index contributed by atoms with van der Waals surface area (Å²) in [7, 11) is 0.